The first kappa shape index (κ1) is 9.02. The summed E-state index contributed by atoms with van der Waals surface area (Å²) in [6.45, 7) is 0. The maximum Gasteiger partial charge on any atom is 0.179 e. The first-order valence-corrected chi connectivity index (χ1v) is 5.10. The number of nitrogens with two attached hydrogens (primary N) is 1. The molecule has 12 heavy (non-hydrogen) atoms. The fourth-order valence-electron chi connectivity index (χ4n) is 0.854. The zero-order chi connectivity index (χ0) is 9.19. The van der Waals surface area contributed by atoms with Crippen molar-refractivity contribution in [2.24, 2.45) is 5.90 Å². The molecule has 1 rings (SSSR count). The molecule has 1 aromatic rings. The van der Waals surface area contributed by atoms with Gasteiger partial charge in [-0.2, -0.15) is 5.90 Å². The Morgan fingerprint density at radius 3 is 2.33 bits per heavy atom. The fourth-order valence-corrected chi connectivity index (χ4v) is 1.66. The maximum absolute atomic E-state index is 11.1. The zero-order valence-corrected chi connectivity index (χ0v) is 7.34. The van der Waals surface area contributed by atoms with Gasteiger partial charge in [0, 0.05) is 6.26 Å². The minimum atomic E-state index is -3.25. The van der Waals surface area contributed by atoms with Crippen LogP contribution in [-0.4, -0.2) is 14.7 Å². The van der Waals surface area contributed by atoms with E-state index < -0.39 is 9.84 Å². The minimum absolute atomic E-state index is 0.104. The Kier molecular flexibility index (Phi) is 2.35. The van der Waals surface area contributed by atoms with Crippen molar-refractivity contribution in [1.82, 2.24) is 0 Å². The normalized spacial score (nSPS) is 11.2. The average Bonchev–Trinajstić information content (AvgIpc) is 2.03. The van der Waals surface area contributed by atoms with E-state index in [9.17, 15) is 8.42 Å². The van der Waals surface area contributed by atoms with E-state index in [1.165, 1.54) is 12.1 Å². The van der Waals surface area contributed by atoms with E-state index in [1.807, 2.05) is 0 Å². The smallest absolute Gasteiger partial charge is 0.179 e. The van der Waals surface area contributed by atoms with Gasteiger partial charge in [0.05, 0.1) is 0 Å². The quantitative estimate of drug-likeness (QED) is 0.678. The third kappa shape index (κ3) is 1.75. The van der Waals surface area contributed by atoms with Crippen molar-refractivity contribution in [3.05, 3.63) is 24.3 Å². The van der Waals surface area contributed by atoms with Crippen LogP contribution >= 0.6 is 0 Å². The fraction of sp³-hybridized carbons (Fsp3) is 0.143. The highest BCUT2D eigenvalue weighted by atomic mass is 32.2. The second-order valence-electron chi connectivity index (χ2n) is 2.34. The van der Waals surface area contributed by atoms with Crippen LogP contribution in [0.4, 0.5) is 0 Å². The molecule has 0 aliphatic carbocycles. The molecule has 0 spiro atoms. The van der Waals surface area contributed by atoms with Crippen molar-refractivity contribution in [1.29, 1.82) is 0 Å². The van der Waals surface area contributed by atoms with Crippen molar-refractivity contribution < 1.29 is 13.3 Å². The molecule has 0 amide bonds. The van der Waals surface area contributed by atoms with Crippen LogP contribution < -0.4 is 10.7 Å². The Balaban J connectivity index is 3.33. The van der Waals surface area contributed by atoms with Crippen molar-refractivity contribution in [3.63, 3.8) is 0 Å². The molecule has 5 heteroatoms. The summed E-state index contributed by atoms with van der Waals surface area (Å²) in [6, 6.07) is 6.20. The highest BCUT2D eigenvalue weighted by Gasteiger charge is 2.12. The molecule has 2 N–H and O–H groups in total. The molecule has 66 valence electrons. The first-order chi connectivity index (χ1) is 5.55. The molecule has 0 saturated carbocycles. The van der Waals surface area contributed by atoms with Gasteiger partial charge in [-0.05, 0) is 12.1 Å². The third-order valence-corrected chi connectivity index (χ3v) is 2.51. The molecular weight excluding hydrogens is 178 g/mol. The monoisotopic (exact) mass is 187 g/mol. The van der Waals surface area contributed by atoms with Gasteiger partial charge < -0.3 is 4.84 Å². The predicted octanol–water partition coefficient (Wildman–Crippen LogP) is 0.343. The molecule has 0 aromatic heterocycles. The number of hydrogen-bond donors (Lipinski definition) is 1. The number of para-hydroxylation sites is 1. The zero-order valence-electron chi connectivity index (χ0n) is 6.52. The van der Waals surface area contributed by atoms with E-state index in [0.717, 1.165) is 6.26 Å². The summed E-state index contributed by atoms with van der Waals surface area (Å²) < 4.78 is 22.2. The summed E-state index contributed by atoms with van der Waals surface area (Å²) in [5.74, 6) is 5.05. The largest absolute Gasteiger partial charge is 0.410 e. The van der Waals surface area contributed by atoms with Gasteiger partial charge in [-0.15, -0.1) is 0 Å². The van der Waals surface area contributed by atoms with Gasteiger partial charge in [0.15, 0.2) is 15.6 Å². The number of hydrogen-bond acceptors (Lipinski definition) is 4. The first-order valence-electron chi connectivity index (χ1n) is 3.21. The van der Waals surface area contributed by atoms with Crippen LogP contribution in [0.2, 0.25) is 0 Å². The molecule has 0 bridgehead atoms. The van der Waals surface area contributed by atoms with Gasteiger partial charge in [-0.25, -0.2) is 8.42 Å². The SMILES string of the molecule is CS(=O)(=O)c1ccccc1ON. The Hall–Kier alpha value is -1.07. The van der Waals surface area contributed by atoms with Crippen molar-refractivity contribution in [2.45, 2.75) is 4.90 Å². The van der Waals surface area contributed by atoms with Crippen LogP contribution in [0, 0.1) is 0 Å². The Morgan fingerprint density at radius 1 is 1.33 bits per heavy atom. The van der Waals surface area contributed by atoms with E-state index in [-0.39, 0.29) is 10.6 Å². The van der Waals surface area contributed by atoms with Crippen LogP contribution in [0.25, 0.3) is 0 Å². The topological polar surface area (TPSA) is 69.4 Å². The minimum Gasteiger partial charge on any atom is -0.410 e. The second kappa shape index (κ2) is 3.12. The lowest BCUT2D eigenvalue weighted by atomic mass is 10.3. The van der Waals surface area contributed by atoms with Crippen LogP contribution in [0.3, 0.4) is 0 Å². The lowest BCUT2D eigenvalue weighted by molar-refractivity contribution is 0.325. The molecular formula is C7H9NO3S. The number of benzene rings is 1. The lowest BCUT2D eigenvalue weighted by Crippen LogP contribution is -2.07. The summed E-state index contributed by atoms with van der Waals surface area (Å²) in [5, 5.41) is 0. The lowest BCUT2D eigenvalue weighted by Gasteiger charge is -2.03. The molecule has 0 unspecified atom stereocenters. The number of sulfone groups is 1. The van der Waals surface area contributed by atoms with Gasteiger partial charge in [0.1, 0.15) is 4.90 Å². The standard InChI is InChI=1S/C7H9NO3S/c1-12(9,10)7-5-3-2-4-6(7)11-8/h2-5H,8H2,1H3. The van der Waals surface area contributed by atoms with E-state index in [0.29, 0.717) is 0 Å². The van der Waals surface area contributed by atoms with Crippen LogP contribution in [0.15, 0.2) is 29.2 Å². The van der Waals surface area contributed by atoms with E-state index in [4.69, 9.17) is 5.90 Å². The van der Waals surface area contributed by atoms with E-state index >= 15 is 0 Å². The highest BCUT2D eigenvalue weighted by molar-refractivity contribution is 7.90. The molecule has 0 fully saturated rings. The maximum atomic E-state index is 11.1. The molecule has 1 aromatic carbocycles. The van der Waals surface area contributed by atoms with Crippen LogP contribution in [-0.2, 0) is 9.84 Å². The molecule has 4 nitrogen and oxygen atoms in total. The molecule has 0 heterocycles. The molecule has 0 aliphatic rings. The summed E-state index contributed by atoms with van der Waals surface area (Å²) in [6.07, 6.45) is 1.10. The van der Waals surface area contributed by atoms with Crippen molar-refractivity contribution in [3.8, 4) is 5.75 Å². The molecule has 0 saturated heterocycles. The van der Waals surface area contributed by atoms with Crippen LogP contribution in [0.1, 0.15) is 0 Å². The summed E-state index contributed by atoms with van der Waals surface area (Å²) >= 11 is 0. The van der Waals surface area contributed by atoms with Gasteiger partial charge in [-0.3, -0.25) is 0 Å². The molecule has 0 aliphatic heterocycles. The Morgan fingerprint density at radius 2 is 1.92 bits per heavy atom. The van der Waals surface area contributed by atoms with Gasteiger partial charge >= 0.3 is 0 Å². The predicted molar refractivity (Wildman–Crippen MR) is 44.4 cm³/mol. The summed E-state index contributed by atoms with van der Waals surface area (Å²) in [7, 11) is -3.25. The van der Waals surface area contributed by atoms with Gasteiger partial charge in [0.2, 0.25) is 0 Å². The summed E-state index contributed by atoms with van der Waals surface area (Å²) in [5.41, 5.74) is 0. The Labute approximate surface area is 70.8 Å². The summed E-state index contributed by atoms with van der Waals surface area (Å²) in [4.78, 5) is 4.50. The van der Waals surface area contributed by atoms with Gasteiger partial charge in [-0.1, -0.05) is 12.1 Å². The van der Waals surface area contributed by atoms with E-state index in [1.54, 1.807) is 12.1 Å². The number of rotatable bonds is 2. The average molecular weight is 187 g/mol. The second-order valence-corrected chi connectivity index (χ2v) is 4.32. The van der Waals surface area contributed by atoms with Gasteiger partial charge in [0.25, 0.3) is 0 Å². The van der Waals surface area contributed by atoms with Crippen molar-refractivity contribution >= 4 is 9.84 Å². The van der Waals surface area contributed by atoms with Crippen molar-refractivity contribution in [2.75, 3.05) is 6.26 Å². The molecule has 0 radical (unpaired) electrons. The van der Waals surface area contributed by atoms with E-state index in [2.05, 4.69) is 4.84 Å². The third-order valence-electron chi connectivity index (χ3n) is 1.38. The highest BCUT2D eigenvalue weighted by Crippen LogP contribution is 2.21. The van der Waals surface area contributed by atoms with Crippen LogP contribution in [0.5, 0.6) is 5.75 Å². The molecule has 0 atom stereocenters. The Bertz CT molecular complexity index is 372.